The summed E-state index contributed by atoms with van der Waals surface area (Å²) in [4.78, 5) is 6.49. The Morgan fingerprint density at radius 2 is 2.50 bits per heavy atom. The van der Waals surface area contributed by atoms with Crippen molar-refractivity contribution in [2.24, 2.45) is 11.7 Å². The summed E-state index contributed by atoms with van der Waals surface area (Å²) in [5.41, 5.74) is 7.35. The lowest BCUT2D eigenvalue weighted by atomic mass is 10.1. The largest absolute Gasteiger partial charge is 0.355 e. The van der Waals surface area contributed by atoms with Crippen LogP contribution in [-0.4, -0.2) is 24.6 Å². The van der Waals surface area contributed by atoms with Gasteiger partial charge in [-0.25, -0.2) is 4.98 Å². The summed E-state index contributed by atoms with van der Waals surface area (Å²) in [5.74, 6) is 1.35. The van der Waals surface area contributed by atoms with Crippen LogP contribution in [0.3, 0.4) is 0 Å². The molecule has 2 heterocycles. The van der Waals surface area contributed by atoms with Crippen molar-refractivity contribution in [2.45, 2.75) is 13.3 Å². The van der Waals surface area contributed by atoms with E-state index in [4.69, 9.17) is 11.0 Å². The first-order valence-corrected chi connectivity index (χ1v) is 5.57. The SMILES string of the molecule is Cc1ccnc(N2CCC(CN)C2)c1C#N. The Balaban J connectivity index is 2.28. The molecule has 0 aromatic carbocycles. The third-order valence-electron chi connectivity index (χ3n) is 3.17. The predicted octanol–water partition coefficient (Wildman–Crippen LogP) is 1.05. The van der Waals surface area contributed by atoms with Gasteiger partial charge in [0.1, 0.15) is 11.9 Å². The van der Waals surface area contributed by atoms with Gasteiger partial charge < -0.3 is 10.6 Å². The van der Waals surface area contributed by atoms with Crippen LogP contribution < -0.4 is 10.6 Å². The highest BCUT2D eigenvalue weighted by Crippen LogP contribution is 2.25. The minimum absolute atomic E-state index is 0.536. The van der Waals surface area contributed by atoms with Crippen molar-refractivity contribution in [1.29, 1.82) is 5.26 Å². The second kappa shape index (κ2) is 4.50. The summed E-state index contributed by atoms with van der Waals surface area (Å²) in [6.07, 6.45) is 2.86. The fourth-order valence-electron chi connectivity index (χ4n) is 2.14. The molecule has 1 atom stereocenters. The maximum atomic E-state index is 9.14. The molecule has 1 aromatic heterocycles. The maximum Gasteiger partial charge on any atom is 0.146 e. The Bertz CT molecular complexity index is 422. The zero-order chi connectivity index (χ0) is 11.5. The van der Waals surface area contributed by atoms with Crippen LogP contribution in [0.25, 0.3) is 0 Å². The molecule has 1 saturated heterocycles. The first-order valence-electron chi connectivity index (χ1n) is 5.57. The highest BCUT2D eigenvalue weighted by molar-refractivity contribution is 5.57. The number of pyridine rings is 1. The summed E-state index contributed by atoms with van der Waals surface area (Å²) >= 11 is 0. The highest BCUT2D eigenvalue weighted by atomic mass is 15.2. The van der Waals surface area contributed by atoms with Gasteiger partial charge in [-0.15, -0.1) is 0 Å². The van der Waals surface area contributed by atoms with Gasteiger partial charge in [0, 0.05) is 19.3 Å². The van der Waals surface area contributed by atoms with E-state index < -0.39 is 0 Å². The van der Waals surface area contributed by atoms with Crippen molar-refractivity contribution in [1.82, 2.24) is 4.98 Å². The molecule has 1 aliphatic heterocycles. The molecule has 84 valence electrons. The van der Waals surface area contributed by atoms with Crippen molar-refractivity contribution >= 4 is 5.82 Å². The molecule has 0 amide bonds. The van der Waals surface area contributed by atoms with Gasteiger partial charge in [-0.3, -0.25) is 0 Å². The number of aromatic nitrogens is 1. The molecule has 2 rings (SSSR count). The van der Waals surface area contributed by atoms with Crippen molar-refractivity contribution in [2.75, 3.05) is 24.5 Å². The average molecular weight is 216 g/mol. The lowest BCUT2D eigenvalue weighted by Crippen LogP contribution is -2.24. The lowest BCUT2D eigenvalue weighted by molar-refractivity contribution is 0.602. The smallest absolute Gasteiger partial charge is 0.146 e. The van der Waals surface area contributed by atoms with Gasteiger partial charge in [-0.2, -0.15) is 5.26 Å². The van der Waals surface area contributed by atoms with E-state index in [1.54, 1.807) is 6.20 Å². The summed E-state index contributed by atoms with van der Waals surface area (Å²) < 4.78 is 0. The zero-order valence-electron chi connectivity index (χ0n) is 9.48. The molecule has 0 spiro atoms. The van der Waals surface area contributed by atoms with Crippen molar-refractivity contribution in [3.05, 3.63) is 23.4 Å². The first kappa shape index (κ1) is 10.9. The molecule has 1 unspecified atom stereocenters. The average Bonchev–Trinajstić information content (AvgIpc) is 2.77. The molecule has 16 heavy (non-hydrogen) atoms. The van der Waals surface area contributed by atoms with Crippen LogP contribution in [0, 0.1) is 24.2 Å². The van der Waals surface area contributed by atoms with Gasteiger partial charge >= 0.3 is 0 Å². The van der Waals surface area contributed by atoms with Crippen LogP contribution in [0.1, 0.15) is 17.5 Å². The number of hydrogen-bond acceptors (Lipinski definition) is 4. The fourth-order valence-corrected chi connectivity index (χ4v) is 2.14. The number of anilines is 1. The van der Waals surface area contributed by atoms with Gasteiger partial charge in [0.25, 0.3) is 0 Å². The van der Waals surface area contributed by atoms with Crippen LogP contribution in [0.4, 0.5) is 5.82 Å². The molecule has 0 bridgehead atoms. The number of rotatable bonds is 2. The Morgan fingerprint density at radius 1 is 1.69 bits per heavy atom. The Hall–Kier alpha value is -1.60. The first-order chi connectivity index (χ1) is 7.76. The maximum absolute atomic E-state index is 9.14. The number of nitrogens with zero attached hydrogens (tertiary/aromatic N) is 3. The van der Waals surface area contributed by atoms with E-state index in [1.807, 2.05) is 13.0 Å². The topological polar surface area (TPSA) is 65.9 Å². The van der Waals surface area contributed by atoms with Gasteiger partial charge in [0.15, 0.2) is 0 Å². The minimum Gasteiger partial charge on any atom is -0.355 e. The van der Waals surface area contributed by atoms with Gasteiger partial charge in [0.05, 0.1) is 5.56 Å². The number of hydrogen-bond donors (Lipinski definition) is 1. The number of nitriles is 1. The molecular weight excluding hydrogens is 200 g/mol. The molecule has 1 aliphatic rings. The molecule has 1 aromatic rings. The summed E-state index contributed by atoms with van der Waals surface area (Å²) in [6.45, 7) is 4.53. The third-order valence-corrected chi connectivity index (χ3v) is 3.17. The molecule has 1 fully saturated rings. The Morgan fingerprint density at radius 3 is 3.12 bits per heavy atom. The van der Waals surface area contributed by atoms with E-state index in [2.05, 4.69) is 16.0 Å². The van der Waals surface area contributed by atoms with E-state index in [9.17, 15) is 0 Å². The fraction of sp³-hybridized carbons (Fsp3) is 0.500. The van der Waals surface area contributed by atoms with Gasteiger partial charge in [-0.1, -0.05) is 0 Å². The third kappa shape index (κ3) is 1.86. The molecule has 4 nitrogen and oxygen atoms in total. The van der Waals surface area contributed by atoms with Crippen LogP contribution >= 0.6 is 0 Å². The van der Waals surface area contributed by atoms with Crippen molar-refractivity contribution in [3.63, 3.8) is 0 Å². The van der Waals surface area contributed by atoms with Crippen LogP contribution in [0.15, 0.2) is 12.3 Å². The van der Waals surface area contributed by atoms with Crippen LogP contribution in [0.5, 0.6) is 0 Å². The predicted molar refractivity (Wildman–Crippen MR) is 63.1 cm³/mol. The zero-order valence-corrected chi connectivity index (χ0v) is 9.48. The number of nitrogens with two attached hydrogens (primary N) is 1. The van der Waals surface area contributed by atoms with Gasteiger partial charge in [-0.05, 0) is 37.4 Å². The molecule has 0 radical (unpaired) electrons. The molecule has 0 aliphatic carbocycles. The lowest BCUT2D eigenvalue weighted by Gasteiger charge is -2.19. The molecule has 0 saturated carbocycles. The molecular formula is C12H16N4. The standard InChI is InChI=1S/C12H16N4/c1-9-2-4-15-12(11(9)7-14)16-5-3-10(6-13)8-16/h2,4,10H,3,5-6,8,13H2,1H3. The van der Waals surface area contributed by atoms with Gasteiger partial charge in [0.2, 0.25) is 0 Å². The van der Waals surface area contributed by atoms with Crippen LogP contribution in [0.2, 0.25) is 0 Å². The second-order valence-electron chi connectivity index (χ2n) is 4.27. The van der Waals surface area contributed by atoms with E-state index >= 15 is 0 Å². The number of aryl methyl sites for hydroxylation is 1. The summed E-state index contributed by atoms with van der Waals surface area (Å²) in [5, 5.41) is 9.14. The van der Waals surface area contributed by atoms with E-state index in [0.717, 1.165) is 30.9 Å². The Kier molecular flexibility index (Phi) is 3.07. The van der Waals surface area contributed by atoms with Crippen molar-refractivity contribution < 1.29 is 0 Å². The quantitative estimate of drug-likeness (QED) is 0.802. The highest BCUT2D eigenvalue weighted by Gasteiger charge is 2.24. The Labute approximate surface area is 95.7 Å². The molecule has 4 heteroatoms. The van der Waals surface area contributed by atoms with Crippen LogP contribution in [-0.2, 0) is 0 Å². The second-order valence-corrected chi connectivity index (χ2v) is 4.27. The monoisotopic (exact) mass is 216 g/mol. The summed E-state index contributed by atoms with van der Waals surface area (Å²) in [7, 11) is 0. The normalized spacial score (nSPS) is 19.8. The minimum atomic E-state index is 0.536. The molecule has 2 N–H and O–H groups in total. The summed E-state index contributed by atoms with van der Waals surface area (Å²) in [6, 6.07) is 4.11. The van der Waals surface area contributed by atoms with E-state index in [-0.39, 0.29) is 0 Å². The van der Waals surface area contributed by atoms with Crippen molar-refractivity contribution in [3.8, 4) is 6.07 Å². The van der Waals surface area contributed by atoms with E-state index in [0.29, 0.717) is 18.0 Å². The van der Waals surface area contributed by atoms with E-state index in [1.165, 1.54) is 0 Å².